The predicted molar refractivity (Wildman–Crippen MR) is 118 cm³/mol. The topological polar surface area (TPSA) is 104 Å². The molecule has 1 amide bonds. The van der Waals surface area contributed by atoms with Gasteiger partial charge in [0.05, 0.1) is 6.10 Å². The lowest BCUT2D eigenvalue weighted by Crippen LogP contribution is -2.24. The lowest BCUT2D eigenvalue weighted by molar-refractivity contribution is -0.137. The van der Waals surface area contributed by atoms with Gasteiger partial charge in [-0.05, 0) is 38.0 Å². The molecule has 172 valence electrons. The summed E-state index contributed by atoms with van der Waals surface area (Å²) in [6.45, 7) is 2.56. The van der Waals surface area contributed by atoms with Crippen molar-refractivity contribution in [2.24, 2.45) is 11.8 Å². The molecule has 30 heavy (non-hydrogen) atoms. The zero-order chi connectivity index (χ0) is 22.2. The lowest BCUT2D eigenvalue weighted by atomic mass is 9.89. The van der Waals surface area contributed by atoms with Crippen molar-refractivity contribution in [2.75, 3.05) is 6.54 Å². The van der Waals surface area contributed by atoms with E-state index >= 15 is 0 Å². The zero-order valence-corrected chi connectivity index (χ0v) is 18.6. The molecule has 6 nitrogen and oxygen atoms in total. The number of carboxylic acids is 1. The smallest absolute Gasteiger partial charge is 0.303 e. The van der Waals surface area contributed by atoms with E-state index in [0.717, 1.165) is 64.2 Å². The van der Waals surface area contributed by atoms with Crippen molar-refractivity contribution in [1.82, 2.24) is 5.32 Å². The highest BCUT2D eigenvalue weighted by atomic mass is 16.4. The van der Waals surface area contributed by atoms with Gasteiger partial charge in [-0.1, -0.05) is 57.6 Å². The summed E-state index contributed by atoms with van der Waals surface area (Å²) < 4.78 is 0. The largest absolute Gasteiger partial charge is 0.481 e. The minimum absolute atomic E-state index is 0.0194. The molecule has 0 aromatic heterocycles. The lowest BCUT2D eigenvalue weighted by Gasteiger charge is -2.15. The molecule has 1 saturated carbocycles. The standard InChI is InChI=1S/C24H41NO5/c1-2-3-6-10-20(26)16-14-19-15-17-22(27)21(19)11-7-4-5-8-12-23(28)25-18-9-13-24(29)30/h14,16,19-21,26H,2-13,15,17-18H2,1H3,(H,25,28)(H,29,30)/b16-14+/t19-,20-,21+/m0/s1. The number of Topliss-reactive ketones (excluding diaryl/α,β-unsaturated/α-hetero) is 1. The number of unbranched alkanes of at least 4 members (excludes halogenated alkanes) is 5. The second-order valence-corrected chi connectivity index (χ2v) is 8.52. The van der Waals surface area contributed by atoms with Crippen molar-refractivity contribution in [2.45, 2.75) is 103 Å². The van der Waals surface area contributed by atoms with Crippen LogP contribution in [0.5, 0.6) is 0 Å². The first-order chi connectivity index (χ1) is 14.4. The molecular formula is C24H41NO5. The van der Waals surface area contributed by atoms with E-state index in [2.05, 4.69) is 18.3 Å². The summed E-state index contributed by atoms with van der Waals surface area (Å²) >= 11 is 0. The molecular weight excluding hydrogens is 382 g/mol. The average Bonchev–Trinajstić information content (AvgIpc) is 3.06. The Labute approximate surface area is 181 Å². The van der Waals surface area contributed by atoms with Gasteiger partial charge in [0.15, 0.2) is 0 Å². The molecule has 0 radical (unpaired) electrons. The van der Waals surface area contributed by atoms with Crippen LogP contribution < -0.4 is 5.32 Å². The number of aliphatic hydroxyl groups is 1. The van der Waals surface area contributed by atoms with Crippen molar-refractivity contribution in [3.8, 4) is 0 Å². The van der Waals surface area contributed by atoms with Gasteiger partial charge in [-0.3, -0.25) is 14.4 Å². The highest BCUT2D eigenvalue weighted by Crippen LogP contribution is 2.34. The van der Waals surface area contributed by atoms with Crippen LogP contribution >= 0.6 is 0 Å². The number of hydrogen-bond acceptors (Lipinski definition) is 4. The molecule has 1 fully saturated rings. The van der Waals surface area contributed by atoms with Gasteiger partial charge in [-0.15, -0.1) is 0 Å². The van der Waals surface area contributed by atoms with Gasteiger partial charge < -0.3 is 15.5 Å². The maximum absolute atomic E-state index is 12.2. The average molecular weight is 424 g/mol. The van der Waals surface area contributed by atoms with E-state index in [1.807, 2.05) is 6.08 Å². The number of amides is 1. The van der Waals surface area contributed by atoms with Gasteiger partial charge in [0, 0.05) is 31.7 Å². The fraction of sp³-hybridized carbons (Fsp3) is 0.792. The molecule has 6 heteroatoms. The molecule has 0 bridgehead atoms. The zero-order valence-electron chi connectivity index (χ0n) is 18.6. The van der Waals surface area contributed by atoms with E-state index < -0.39 is 12.1 Å². The van der Waals surface area contributed by atoms with E-state index in [1.54, 1.807) is 0 Å². The molecule has 1 aliphatic carbocycles. The van der Waals surface area contributed by atoms with Gasteiger partial charge in [0.2, 0.25) is 5.91 Å². The van der Waals surface area contributed by atoms with Crippen LogP contribution in [0.3, 0.4) is 0 Å². The third-order valence-electron chi connectivity index (χ3n) is 5.90. The van der Waals surface area contributed by atoms with Crippen LogP contribution in [0.4, 0.5) is 0 Å². The highest BCUT2D eigenvalue weighted by Gasteiger charge is 2.32. The fourth-order valence-corrected chi connectivity index (χ4v) is 4.07. The summed E-state index contributed by atoms with van der Waals surface area (Å²) in [7, 11) is 0. The number of aliphatic hydroxyl groups excluding tert-OH is 1. The first kappa shape index (κ1) is 26.3. The minimum atomic E-state index is -0.842. The molecule has 0 saturated heterocycles. The second kappa shape index (κ2) is 16.1. The van der Waals surface area contributed by atoms with Gasteiger partial charge in [0.25, 0.3) is 0 Å². The Balaban J connectivity index is 2.16. The highest BCUT2D eigenvalue weighted by molar-refractivity contribution is 5.83. The molecule has 0 aromatic rings. The number of carboxylic acid groups (broad SMARTS) is 1. The number of allylic oxidation sites excluding steroid dienone is 1. The van der Waals surface area contributed by atoms with Crippen LogP contribution in [0.25, 0.3) is 0 Å². The Morgan fingerprint density at radius 2 is 1.87 bits per heavy atom. The Hall–Kier alpha value is -1.69. The molecule has 3 atom stereocenters. The van der Waals surface area contributed by atoms with E-state index in [4.69, 9.17) is 5.11 Å². The van der Waals surface area contributed by atoms with Crippen molar-refractivity contribution in [3.63, 3.8) is 0 Å². The van der Waals surface area contributed by atoms with Crippen LogP contribution in [-0.4, -0.2) is 40.5 Å². The Morgan fingerprint density at radius 3 is 2.60 bits per heavy atom. The van der Waals surface area contributed by atoms with Crippen molar-refractivity contribution in [1.29, 1.82) is 0 Å². The van der Waals surface area contributed by atoms with Gasteiger partial charge in [-0.25, -0.2) is 0 Å². The normalized spacial score (nSPS) is 20.0. The third-order valence-corrected chi connectivity index (χ3v) is 5.90. The fourth-order valence-electron chi connectivity index (χ4n) is 4.07. The summed E-state index contributed by atoms with van der Waals surface area (Å²) in [6, 6.07) is 0. The van der Waals surface area contributed by atoms with Crippen molar-refractivity contribution < 1.29 is 24.6 Å². The molecule has 3 N–H and O–H groups in total. The van der Waals surface area contributed by atoms with Crippen LogP contribution in [-0.2, 0) is 14.4 Å². The molecule has 0 unspecified atom stereocenters. The van der Waals surface area contributed by atoms with Crippen LogP contribution in [0.2, 0.25) is 0 Å². The second-order valence-electron chi connectivity index (χ2n) is 8.52. The minimum Gasteiger partial charge on any atom is -0.481 e. The summed E-state index contributed by atoms with van der Waals surface area (Å²) in [5.74, 6) is -0.165. The van der Waals surface area contributed by atoms with E-state index in [1.165, 1.54) is 0 Å². The molecule has 0 aliphatic heterocycles. The maximum Gasteiger partial charge on any atom is 0.303 e. The van der Waals surface area contributed by atoms with E-state index in [0.29, 0.717) is 31.6 Å². The number of ketones is 1. The number of carbonyl (C=O) groups is 3. The van der Waals surface area contributed by atoms with Crippen LogP contribution in [0.1, 0.15) is 96.8 Å². The van der Waals surface area contributed by atoms with Gasteiger partial charge in [-0.2, -0.15) is 0 Å². The molecule has 0 spiro atoms. The number of carbonyl (C=O) groups excluding carboxylic acids is 2. The third kappa shape index (κ3) is 12.1. The van der Waals surface area contributed by atoms with E-state index in [9.17, 15) is 19.5 Å². The molecule has 1 aliphatic rings. The number of aliphatic carboxylic acids is 1. The Morgan fingerprint density at radius 1 is 1.10 bits per heavy atom. The van der Waals surface area contributed by atoms with Crippen molar-refractivity contribution in [3.05, 3.63) is 12.2 Å². The predicted octanol–water partition coefficient (Wildman–Crippen LogP) is 4.40. The summed E-state index contributed by atoms with van der Waals surface area (Å²) in [5.41, 5.74) is 0. The summed E-state index contributed by atoms with van der Waals surface area (Å²) in [5, 5.41) is 21.4. The van der Waals surface area contributed by atoms with Crippen molar-refractivity contribution >= 4 is 17.7 Å². The molecule has 0 aromatic carbocycles. The summed E-state index contributed by atoms with van der Waals surface area (Å²) in [6.07, 6.45) is 14.9. The van der Waals surface area contributed by atoms with Gasteiger partial charge >= 0.3 is 5.97 Å². The van der Waals surface area contributed by atoms with Crippen LogP contribution in [0.15, 0.2) is 12.2 Å². The Kier molecular flexibility index (Phi) is 14.1. The van der Waals surface area contributed by atoms with E-state index in [-0.39, 0.29) is 24.2 Å². The summed E-state index contributed by atoms with van der Waals surface area (Å²) in [4.78, 5) is 34.3. The first-order valence-corrected chi connectivity index (χ1v) is 11.8. The quantitative estimate of drug-likeness (QED) is 0.238. The number of hydrogen-bond donors (Lipinski definition) is 3. The first-order valence-electron chi connectivity index (χ1n) is 11.8. The number of nitrogens with one attached hydrogen (secondary N) is 1. The molecule has 0 heterocycles. The van der Waals surface area contributed by atoms with Crippen LogP contribution in [0, 0.1) is 11.8 Å². The van der Waals surface area contributed by atoms with Gasteiger partial charge in [0.1, 0.15) is 5.78 Å². The number of rotatable bonds is 17. The molecule has 1 rings (SSSR count). The SMILES string of the molecule is CCCCC[C@H](O)/C=C/[C@H]1CCC(=O)[C@@H]1CCCCCCC(=O)NCCCC(=O)O. The monoisotopic (exact) mass is 423 g/mol. The maximum atomic E-state index is 12.2. The Bertz CT molecular complexity index is 546.